The normalized spacial score (nSPS) is 46.9. The molecule has 0 aromatic carbocycles. The summed E-state index contributed by atoms with van der Waals surface area (Å²) in [6.07, 6.45) is 4.82. The van der Waals surface area contributed by atoms with Crippen LogP contribution in [0, 0.1) is 12.3 Å². The number of terminal acetylenes is 1. The second kappa shape index (κ2) is 2.35. The van der Waals surface area contributed by atoms with Crippen molar-refractivity contribution in [3.63, 3.8) is 0 Å². The van der Waals surface area contributed by atoms with Gasteiger partial charge in [-0.1, -0.05) is 5.92 Å². The number of rotatable bonds is 0. The standard InChI is InChI=1S/C6H8O3S/c1-4-6(3)5(2)8-10(7)9-6/h1,5H,2-3H3. The molecule has 0 radical (unpaired) electrons. The summed E-state index contributed by atoms with van der Waals surface area (Å²) >= 11 is -1.66. The van der Waals surface area contributed by atoms with Crippen molar-refractivity contribution in [1.82, 2.24) is 0 Å². The molecule has 0 aromatic heterocycles. The van der Waals surface area contributed by atoms with Gasteiger partial charge in [-0.05, 0) is 13.8 Å². The molecule has 0 amide bonds. The van der Waals surface area contributed by atoms with Crippen molar-refractivity contribution in [2.45, 2.75) is 25.6 Å². The van der Waals surface area contributed by atoms with Gasteiger partial charge in [-0.25, -0.2) is 4.18 Å². The molecule has 0 spiro atoms. The van der Waals surface area contributed by atoms with Crippen LogP contribution in [-0.4, -0.2) is 15.9 Å². The van der Waals surface area contributed by atoms with Crippen LogP contribution in [0.4, 0.5) is 0 Å². The molecular formula is C6H8O3S. The van der Waals surface area contributed by atoms with Crippen LogP contribution in [0.2, 0.25) is 0 Å². The molecule has 1 rings (SSSR count). The van der Waals surface area contributed by atoms with Gasteiger partial charge in [0.25, 0.3) is 0 Å². The summed E-state index contributed by atoms with van der Waals surface area (Å²) in [4.78, 5) is 0. The van der Waals surface area contributed by atoms with Gasteiger partial charge in [0, 0.05) is 0 Å². The molecule has 3 nitrogen and oxygen atoms in total. The fraction of sp³-hybridized carbons (Fsp3) is 0.667. The number of hydrogen-bond donors (Lipinski definition) is 0. The minimum atomic E-state index is -1.66. The van der Waals surface area contributed by atoms with Crippen LogP contribution in [0.1, 0.15) is 13.8 Å². The van der Waals surface area contributed by atoms with E-state index in [1.807, 2.05) is 0 Å². The Morgan fingerprint density at radius 1 is 1.80 bits per heavy atom. The molecule has 1 aliphatic rings. The Morgan fingerprint density at radius 2 is 2.40 bits per heavy atom. The van der Waals surface area contributed by atoms with Crippen LogP contribution < -0.4 is 0 Å². The van der Waals surface area contributed by atoms with Crippen LogP contribution in [0.25, 0.3) is 0 Å². The fourth-order valence-electron chi connectivity index (χ4n) is 0.580. The molecule has 4 heteroatoms. The minimum Gasteiger partial charge on any atom is -0.261 e. The van der Waals surface area contributed by atoms with E-state index in [0.29, 0.717) is 0 Å². The maximum atomic E-state index is 10.6. The zero-order chi connectivity index (χ0) is 7.78. The van der Waals surface area contributed by atoms with Gasteiger partial charge in [0.1, 0.15) is 6.10 Å². The molecule has 3 atom stereocenters. The average molecular weight is 160 g/mol. The van der Waals surface area contributed by atoms with E-state index in [-0.39, 0.29) is 6.10 Å². The van der Waals surface area contributed by atoms with E-state index < -0.39 is 17.0 Å². The molecule has 0 aliphatic carbocycles. The maximum Gasteiger partial charge on any atom is 0.306 e. The van der Waals surface area contributed by atoms with Gasteiger partial charge in [0.05, 0.1) is 0 Å². The summed E-state index contributed by atoms with van der Waals surface area (Å²) < 4.78 is 20.2. The molecule has 10 heavy (non-hydrogen) atoms. The molecule has 56 valence electrons. The Kier molecular flexibility index (Phi) is 1.82. The summed E-state index contributed by atoms with van der Waals surface area (Å²) in [5, 5.41) is 0. The highest BCUT2D eigenvalue weighted by Gasteiger charge is 2.42. The zero-order valence-corrected chi connectivity index (χ0v) is 6.60. The topological polar surface area (TPSA) is 35.5 Å². The lowest BCUT2D eigenvalue weighted by molar-refractivity contribution is 0.124. The van der Waals surface area contributed by atoms with Crippen molar-refractivity contribution in [1.29, 1.82) is 0 Å². The highest BCUT2D eigenvalue weighted by molar-refractivity contribution is 7.75. The second-order valence-electron chi connectivity index (χ2n) is 2.28. The third-order valence-corrected chi connectivity index (χ3v) is 2.45. The highest BCUT2D eigenvalue weighted by atomic mass is 32.2. The summed E-state index contributed by atoms with van der Waals surface area (Å²) in [6.45, 7) is 3.40. The van der Waals surface area contributed by atoms with Crippen molar-refractivity contribution in [3.05, 3.63) is 0 Å². The van der Waals surface area contributed by atoms with Crippen molar-refractivity contribution in [2.75, 3.05) is 0 Å². The highest BCUT2D eigenvalue weighted by Crippen LogP contribution is 2.27. The Hall–Kier alpha value is -0.370. The van der Waals surface area contributed by atoms with Crippen molar-refractivity contribution < 1.29 is 12.6 Å². The van der Waals surface area contributed by atoms with E-state index in [1.165, 1.54) is 0 Å². The lowest BCUT2D eigenvalue weighted by Gasteiger charge is -2.15. The molecule has 1 aliphatic heterocycles. The summed E-state index contributed by atoms with van der Waals surface area (Å²) in [7, 11) is 0. The van der Waals surface area contributed by atoms with Crippen molar-refractivity contribution >= 4 is 11.4 Å². The lowest BCUT2D eigenvalue weighted by Crippen LogP contribution is -2.32. The molecule has 1 fully saturated rings. The zero-order valence-electron chi connectivity index (χ0n) is 5.79. The third kappa shape index (κ3) is 1.08. The first-order valence-electron chi connectivity index (χ1n) is 2.84. The lowest BCUT2D eigenvalue weighted by atomic mass is 10.0. The van der Waals surface area contributed by atoms with Gasteiger partial charge >= 0.3 is 11.4 Å². The summed E-state index contributed by atoms with van der Waals surface area (Å²) in [5.74, 6) is 2.38. The van der Waals surface area contributed by atoms with Crippen LogP contribution >= 0.6 is 0 Å². The van der Waals surface area contributed by atoms with Crippen molar-refractivity contribution in [2.24, 2.45) is 0 Å². The first-order valence-corrected chi connectivity index (χ1v) is 3.84. The first-order chi connectivity index (χ1) is 4.58. The molecule has 1 saturated heterocycles. The minimum absolute atomic E-state index is 0.307. The Labute approximate surface area is 62.6 Å². The monoisotopic (exact) mass is 160 g/mol. The van der Waals surface area contributed by atoms with Gasteiger partial charge in [-0.15, -0.1) is 6.42 Å². The Balaban J connectivity index is 2.83. The van der Waals surface area contributed by atoms with E-state index in [9.17, 15) is 4.21 Å². The predicted molar refractivity (Wildman–Crippen MR) is 37.0 cm³/mol. The largest absolute Gasteiger partial charge is 0.306 e. The van der Waals surface area contributed by atoms with E-state index in [2.05, 4.69) is 5.92 Å². The predicted octanol–water partition coefficient (Wildman–Crippen LogP) is 0.392. The van der Waals surface area contributed by atoms with E-state index in [0.717, 1.165) is 0 Å². The van der Waals surface area contributed by atoms with E-state index >= 15 is 0 Å². The van der Waals surface area contributed by atoms with Gasteiger partial charge in [0.15, 0.2) is 5.60 Å². The van der Waals surface area contributed by atoms with Crippen LogP contribution in [0.15, 0.2) is 0 Å². The molecule has 1 heterocycles. The second-order valence-corrected chi connectivity index (χ2v) is 3.04. The molecule has 0 N–H and O–H groups in total. The van der Waals surface area contributed by atoms with Gasteiger partial charge in [0.2, 0.25) is 0 Å². The average Bonchev–Trinajstić information content (AvgIpc) is 2.09. The fourth-order valence-corrected chi connectivity index (χ4v) is 1.50. The smallest absolute Gasteiger partial charge is 0.261 e. The first kappa shape index (κ1) is 7.73. The molecule has 0 aromatic rings. The van der Waals surface area contributed by atoms with E-state index in [1.54, 1.807) is 13.8 Å². The molecule has 0 bridgehead atoms. The van der Waals surface area contributed by atoms with Crippen LogP contribution in [-0.2, 0) is 19.7 Å². The number of hydrogen-bond acceptors (Lipinski definition) is 3. The molecular weight excluding hydrogens is 152 g/mol. The van der Waals surface area contributed by atoms with Crippen LogP contribution in [0.3, 0.4) is 0 Å². The Morgan fingerprint density at radius 3 is 2.60 bits per heavy atom. The van der Waals surface area contributed by atoms with E-state index in [4.69, 9.17) is 14.8 Å². The maximum absolute atomic E-state index is 10.6. The summed E-state index contributed by atoms with van der Waals surface area (Å²) in [5.41, 5.74) is -0.829. The third-order valence-electron chi connectivity index (χ3n) is 1.53. The Bertz CT molecular complexity index is 208. The molecule has 3 unspecified atom stereocenters. The van der Waals surface area contributed by atoms with Gasteiger partial charge in [-0.3, -0.25) is 4.18 Å². The summed E-state index contributed by atoms with van der Waals surface area (Å²) in [6, 6.07) is 0. The van der Waals surface area contributed by atoms with Gasteiger partial charge in [-0.2, -0.15) is 4.21 Å². The molecule has 0 saturated carbocycles. The van der Waals surface area contributed by atoms with Crippen molar-refractivity contribution in [3.8, 4) is 12.3 Å². The SMILES string of the molecule is C#CC1(C)OS(=O)OC1C. The quantitative estimate of drug-likeness (QED) is 0.481. The van der Waals surface area contributed by atoms with Crippen LogP contribution in [0.5, 0.6) is 0 Å². The van der Waals surface area contributed by atoms with Gasteiger partial charge < -0.3 is 0 Å².